The number of halogens is 2. The molecule has 5 rings (SSSR count). The van der Waals surface area contributed by atoms with Gasteiger partial charge in [-0.3, -0.25) is 14.7 Å². The second kappa shape index (κ2) is 12.6. The molecule has 0 unspecified atom stereocenters. The molecule has 0 saturated carbocycles. The Morgan fingerprint density at radius 2 is 1.98 bits per heavy atom. The number of hydrogen-bond acceptors (Lipinski definition) is 8. The lowest BCUT2D eigenvalue weighted by Crippen LogP contribution is -2.59. The first kappa shape index (κ1) is 28.4. The molecular formula is C28H36Cl2N8O2. The third-order valence-corrected chi connectivity index (χ3v) is 8.55. The monoisotopic (exact) mass is 586 g/mol. The molecule has 0 bridgehead atoms. The zero-order chi connectivity index (χ0) is 28.2. The molecule has 214 valence electrons. The van der Waals surface area contributed by atoms with Gasteiger partial charge in [-0.1, -0.05) is 41.7 Å². The van der Waals surface area contributed by atoms with Gasteiger partial charge in [-0.05, 0) is 43.5 Å². The first-order valence-corrected chi connectivity index (χ1v) is 14.7. The van der Waals surface area contributed by atoms with E-state index in [1.54, 1.807) is 18.2 Å². The number of nitrogens with one attached hydrogen (secondary N) is 1. The summed E-state index contributed by atoms with van der Waals surface area (Å²) in [6, 6.07) is 7.59. The van der Waals surface area contributed by atoms with Crippen LogP contribution in [0.25, 0.3) is 0 Å². The van der Waals surface area contributed by atoms with Gasteiger partial charge in [-0.25, -0.2) is 4.98 Å². The number of nitrogens with zero attached hydrogens (tertiary/aromatic N) is 6. The summed E-state index contributed by atoms with van der Waals surface area (Å²) in [6.07, 6.45) is 5.81. The second-order valence-electron chi connectivity index (χ2n) is 10.5. The number of carbonyl (C=O) groups is 1. The second-order valence-corrected chi connectivity index (χ2v) is 11.4. The van der Waals surface area contributed by atoms with Gasteiger partial charge in [0.15, 0.2) is 5.84 Å². The first-order valence-electron chi connectivity index (χ1n) is 13.9. The van der Waals surface area contributed by atoms with Crippen LogP contribution in [0.5, 0.6) is 0 Å². The molecule has 1 aromatic heterocycles. The minimum Gasteiger partial charge on any atom is -0.409 e. The Hall–Kier alpha value is -3.08. The third kappa shape index (κ3) is 5.99. The van der Waals surface area contributed by atoms with Crippen molar-refractivity contribution in [2.45, 2.75) is 44.7 Å². The summed E-state index contributed by atoms with van der Waals surface area (Å²) in [6.45, 7) is 7.77. The van der Waals surface area contributed by atoms with E-state index in [2.05, 4.69) is 32.2 Å². The van der Waals surface area contributed by atoms with Gasteiger partial charge in [0.2, 0.25) is 0 Å². The standard InChI is InChI=1S/C28H36Cl2N8O2/c1-2-3-21-17-37(27-24(30)14-18(16-34-27)26-32-8-9-33-26)12-13-38(21)20-6-10-36(11-7-20)28(39)22-5-4-19(29)15-23(22)25(31)35-40/h4-5,14-16,20-21,40H,2-3,6-13,17H2,1H3,(H2,31,35)(H,32,33)/t21-/m0/s1. The number of amidine groups is 2. The minimum absolute atomic E-state index is 0.130. The van der Waals surface area contributed by atoms with Gasteiger partial charge in [-0.2, -0.15) is 0 Å². The largest absolute Gasteiger partial charge is 0.409 e. The summed E-state index contributed by atoms with van der Waals surface area (Å²) in [4.78, 5) is 29.4. The summed E-state index contributed by atoms with van der Waals surface area (Å²) >= 11 is 12.8. The SMILES string of the molecule is CCC[C@H]1CN(c2ncc(C3=NCCN3)cc2Cl)CCN1C1CCN(C(=O)c2ccc(Cl)cc2/C(N)=N\O)CC1. The van der Waals surface area contributed by atoms with Crippen molar-refractivity contribution >= 4 is 46.6 Å². The maximum atomic E-state index is 13.4. The van der Waals surface area contributed by atoms with Crippen LogP contribution in [0.3, 0.4) is 0 Å². The number of pyridine rings is 1. The number of likely N-dealkylation sites (tertiary alicyclic amines) is 1. The molecule has 0 radical (unpaired) electrons. The number of oxime groups is 1. The third-order valence-electron chi connectivity index (χ3n) is 8.04. The van der Waals surface area contributed by atoms with Crippen LogP contribution in [-0.2, 0) is 0 Å². The van der Waals surface area contributed by atoms with E-state index in [-0.39, 0.29) is 11.7 Å². The number of benzene rings is 1. The maximum absolute atomic E-state index is 13.4. The van der Waals surface area contributed by atoms with Gasteiger partial charge in [-0.15, -0.1) is 0 Å². The fraction of sp³-hybridized carbons (Fsp3) is 0.500. The number of piperidine rings is 1. The van der Waals surface area contributed by atoms with E-state index in [1.165, 1.54) is 0 Å². The number of aliphatic imine (C=N–C) groups is 1. The molecule has 0 spiro atoms. The van der Waals surface area contributed by atoms with Crippen molar-refractivity contribution in [1.29, 1.82) is 0 Å². The number of anilines is 1. The van der Waals surface area contributed by atoms with E-state index in [4.69, 9.17) is 33.9 Å². The fourth-order valence-electron chi connectivity index (χ4n) is 6.06. The maximum Gasteiger partial charge on any atom is 0.254 e. The highest BCUT2D eigenvalue weighted by molar-refractivity contribution is 6.33. The number of carbonyl (C=O) groups excluding carboxylic acids is 1. The number of amides is 1. The van der Waals surface area contributed by atoms with E-state index in [0.717, 1.165) is 75.6 Å². The Balaban J connectivity index is 1.23. The summed E-state index contributed by atoms with van der Waals surface area (Å²) in [5.74, 6) is 1.43. The van der Waals surface area contributed by atoms with Gasteiger partial charge in [0.05, 0.1) is 17.1 Å². The van der Waals surface area contributed by atoms with Crippen LogP contribution in [0.1, 0.15) is 54.1 Å². The highest BCUT2D eigenvalue weighted by Gasteiger charge is 2.35. The number of nitrogens with two attached hydrogens (primary N) is 1. The van der Waals surface area contributed by atoms with E-state index in [1.807, 2.05) is 17.2 Å². The van der Waals surface area contributed by atoms with Crippen molar-refractivity contribution in [3.63, 3.8) is 0 Å². The van der Waals surface area contributed by atoms with Crippen LogP contribution in [0.15, 0.2) is 40.6 Å². The number of rotatable bonds is 7. The molecule has 10 nitrogen and oxygen atoms in total. The highest BCUT2D eigenvalue weighted by atomic mass is 35.5. The lowest BCUT2D eigenvalue weighted by atomic mass is 9.96. The predicted octanol–water partition coefficient (Wildman–Crippen LogP) is 3.43. The van der Waals surface area contributed by atoms with E-state index < -0.39 is 0 Å². The van der Waals surface area contributed by atoms with Crippen molar-refractivity contribution in [3.05, 3.63) is 57.2 Å². The van der Waals surface area contributed by atoms with E-state index >= 15 is 0 Å². The Kier molecular flexibility index (Phi) is 8.97. The van der Waals surface area contributed by atoms with Crippen LogP contribution in [0.4, 0.5) is 5.82 Å². The Morgan fingerprint density at radius 1 is 1.18 bits per heavy atom. The molecule has 4 heterocycles. The fourth-order valence-corrected chi connectivity index (χ4v) is 6.51. The highest BCUT2D eigenvalue weighted by Crippen LogP contribution is 2.30. The normalized spacial score (nSPS) is 20.9. The van der Waals surface area contributed by atoms with Gasteiger partial charge >= 0.3 is 0 Å². The molecule has 1 atom stereocenters. The Labute approximate surface area is 244 Å². The summed E-state index contributed by atoms with van der Waals surface area (Å²) in [5.41, 5.74) is 7.49. The van der Waals surface area contributed by atoms with Crippen LogP contribution in [0, 0.1) is 0 Å². The van der Waals surface area contributed by atoms with Crippen LogP contribution in [-0.4, -0.2) is 95.5 Å². The summed E-state index contributed by atoms with van der Waals surface area (Å²) < 4.78 is 0. The van der Waals surface area contributed by atoms with Gasteiger partial charge in [0, 0.05) is 73.7 Å². The molecule has 1 amide bonds. The average molecular weight is 588 g/mol. The molecule has 2 fully saturated rings. The van der Waals surface area contributed by atoms with E-state index in [0.29, 0.717) is 46.3 Å². The summed E-state index contributed by atoms with van der Waals surface area (Å²) in [5, 5.41) is 16.6. The van der Waals surface area contributed by atoms with Crippen LogP contribution < -0.4 is 16.0 Å². The summed E-state index contributed by atoms with van der Waals surface area (Å²) in [7, 11) is 0. The number of piperazine rings is 1. The van der Waals surface area contributed by atoms with E-state index in [9.17, 15) is 10.0 Å². The lowest BCUT2D eigenvalue weighted by Gasteiger charge is -2.48. The molecule has 0 aliphatic carbocycles. The molecular weight excluding hydrogens is 551 g/mol. The smallest absolute Gasteiger partial charge is 0.254 e. The van der Waals surface area contributed by atoms with Gasteiger partial charge in [0.1, 0.15) is 11.7 Å². The lowest BCUT2D eigenvalue weighted by molar-refractivity contribution is 0.0481. The topological polar surface area (TPSA) is 123 Å². The average Bonchev–Trinajstić information content (AvgIpc) is 3.52. The van der Waals surface area contributed by atoms with Crippen LogP contribution in [0.2, 0.25) is 10.0 Å². The molecule has 2 aromatic rings. The number of aromatic nitrogens is 1. The first-order chi connectivity index (χ1) is 19.4. The molecule has 3 aliphatic rings. The van der Waals surface area contributed by atoms with Crippen molar-refractivity contribution < 1.29 is 10.0 Å². The van der Waals surface area contributed by atoms with Gasteiger partial charge < -0.3 is 26.1 Å². The molecule has 2 saturated heterocycles. The number of hydrogen-bond donors (Lipinski definition) is 3. The molecule has 1 aromatic carbocycles. The van der Waals surface area contributed by atoms with Crippen molar-refractivity contribution in [1.82, 2.24) is 20.1 Å². The van der Waals surface area contributed by atoms with Crippen LogP contribution >= 0.6 is 23.2 Å². The molecule has 4 N–H and O–H groups in total. The van der Waals surface area contributed by atoms with Crippen molar-refractivity contribution in [2.24, 2.45) is 15.9 Å². The van der Waals surface area contributed by atoms with Gasteiger partial charge in [0.25, 0.3) is 5.91 Å². The van der Waals surface area contributed by atoms with Crippen molar-refractivity contribution in [3.8, 4) is 0 Å². The molecule has 40 heavy (non-hydrogen) atoms. The Morgan fingerprint density at radius 3 is 2.65 bits per heavy atom. The van der Waals surface area contributed by atoms with Crippen molar-refractivity contribution in [2.75, 3.05) is 50.7 Å². The molecule has 12 heteroatoms. The Bertz CT molecular complexity index is 1300. The zero-order valence-electron chi connectivity index (χ0n) is 22.7. The minimum atomic E-state index is -0.130. The zero-order valence-corrected chi connectivity index (χ0v) is 24.2. The molecule has 3 aliphatic heterocycles. The quantitative estimate of drug-likeness (QED) is 0.196. The predicted molar refractivity (Wildman–Crippen MR) is 159 cm³/mol.